The first kappa shape index (κ1) is 34.0. The quantitative estimate of drug-likeness (QED) is 0.0477. The lowest BCUT2D eigenvalue weighted by molar-refractivity contribution is -0.143. The number of aromatic nitrogens is 1. The Labute approximate surface area is 245 Å². The average Bonchev–Trinajstić information content (AvgIpc) is 3.34. The van der Waals surface area contributed by atoms with Crippen molar-refractivity contribution in [3.05, 3.63) is 36.0 Å². The molecular formula is C26H37N9O8. The smallest absolute Gasteiger partial charge is 0.326 e. The highest BCUT2D eigenvalue weighted by atomic mass is 16.4. The van der Waals surface area contributed by atoms with Gasteiger partial charge >= 0.3 is 11.9 Å². The fourth-order valence-corrected chi connectivity index (χ4v) is 4.13. The van der Waals surface area contributed by atoms with Crippen molar-refractivity contribution in [1.29, 1.82) is 0 Å². The molecule has 0 radical (unpaired) electrons. The number of aliphatic carboxylic acids is 2. The number of guanidine groups is 1. The molecule has 1 aromatic carbocycles. The molecule has 43 heavy (non-hydrogen) atoms. The molecule has 0 aliphatic carbocycles. The Balaban J connectivity index is 2.15. The third kappa shape index (κ3) is 11.3. The lowest BCUT2D eigenvalue weighted by Gasteiger charge is -2.24. The number of H-pyrrole nitrogens is 1. The number of benzene rings is 1. The van der Waals surface area contributed by atoms with Crippen LogP contribution >= 0.6 is 0 Å². The van der Waals surface area contributed by atoms with Crippen LogP contribution in [-0.2, 0) is 35.2 Å². The minimum absolute atomic E-state index is 0.131. The van der Waals surface area contributed by atoms with Crippen molar-refractivity contribution in [2.45, 2.75) is 62.7 Å². The third-order valence-corrected chi connectivity index (χ3v) is 6.34. The number of carboxylic acid groups (broad SMARTS) is 2. The molecule has 14 N–H and O–H groups in total. The average molecular weight is 604 g/mol. The van der Waals surface area contributed by atoms with Gasteiger partial charge in [-0.15, -0.1) is 0 Å². The normalized spacial score (nSPS) is 13.6. The van der Waals surface area contributed by atoms with Gasteiger partial charge in [0.05, 0.1) is 12.5 Å². The van der Waals surface area contributed by atoms with Crippen molar-refractivity contribution >= 4 is 52.4 Å². The summed E-state index contributed by atoms with van der Waals surface area (Å²) in [4.78, 5) is 80.5. The summed E-state index contributed by atoms with van der Waals surface area (Å²) in [5.74, 6) is -6.63. The number of amides is 4. The van der Waals surface area contributed by atoms with Gasteiger partial charge in [0.15, 0.2) is 5.96 Å². The summed E-state index contributed by atoms with van der Waals surface area (Å²) in [5, 5.41) is 26.7. The van der Waals surface area contributed by atoms with Gasteiger partial charge in [0, 0.05) is 36.5 Å². The number of carbonyl (C=O) groups is 6. The van der Waals surface area contributed by atoms with E-state index in [0.717, 1.165) is 10.9 Å². The topological polar surface area (TPSA) is 311 Å². The van der Waals surface area contributed by atoms with Gasteiger partial charge in [-0.1, -0.05) is 18.2 Å². The number of aromatic amines is 1. The van der Waals surface area contributed by atoms with E-state index in [4.69, 9.17) is 22.9 Å². The van der Waals surface area contributed by atoms with E-state index in [0.29, 0.717) is 12.0 Å². The van der Waals surface area contributed by atoms with Crippen LogP contribution in [0.2, 0.25) is 0 Å². The highest BCUT2D eigenvalue weighted by Crippen LogP contribution is 2.19. The second-order valence-electron chi connectivity index (χ2n) is 9.74. The summed E-state index contributed by atoms with van der Waals surface area (Å²) < 4.78 is 0. The number of nitrogens with one attached hydrogen (secondary N) is 4. The van der Waals surface area contributed by atoms with E-state index in [2.05, 4.69) is 25.9 Å². The number of nitrogens with zero attached hydrogens (tertiary/aromatic N) is 1. The van der Waals surface area contributed by atoms with Crippen LogP contribution in [-0.4, -0.2) is 87.4 Å². The van der Waals surface area contributed by atoms with Gasteiger partial charge in [0.25, 0.3) is 0 Å². The number of nitrogens with two attached hydrogens (primary N) is 4. The monoisotopic (exact) mass is 603 g/mol. The van der Waals surface area contributed by atoms with Crippen molar-refractivity contribution in [2.75, 3.05) is 6.54 Å². The van der Waals surface area contributed by atoms with Gasteiger partial charge in [-0.2, -0.15) is 0 Å². The van der Waals surface area contributed by atoms with E-state index in [1.807, 2.05) is 0 Å². The van der Waals surface area contributed by atoms with Crippen LogP contribution < -0.4 is 38.9 Å². The van der Waals surface area contributed by atoms with E-state index in [1.54, 1.807) is 30.5 Å². The Hall–Kier alpha value is -5.19. The van der Waals surface area contributed by atoms with Crippen LogP contribution in [0.4, 0.5) is 0 Å². The first-order valence-electron chi connectivity index (χ1n) is 13.3. The SMILES string of the molecule is NC(=O)CCC(NC(=O)C(N)CCCN=C(N)N)C(=O)NC(CC(=O)O)C(=O)NC(Cc1c[nH]c2ccccc12)C(=O)O. The van der Waals surface area contributed by atoms with E-state index in [-0.39, 0.29) is 38.2 Å². The Morgan fingerprint density at radius 1 is 0.860 bits per heavy atom. The molecule has 2 aromatic rings. The molecule has 0 saturated heterocycles. The van der Waals surface area contributed by atoms with E-state index in [9.17, 15) is 39.0 Å². The molecule has 0 fully saturated rings. The highest BCUT2D eigenvalue weighted by molar-refractivity contribution is 5.96. The number of carboxylic acids is 2. The maximum absolute atomic E-state index is 13.1. The zero-order valence-corrected chi connectivity index (χ0v) is 23.2. The zero-order valence-electron chi connectivity index (χ0n) is 23.2. The van der Waals surface area contributed by atoms with Crippen LogP contribution in [0.1, 0.15) is 37.7 Å². The lowest BCUT2D eigenvalue weighted by Crippen LogP contribution is -2.57. The Kier molecular flexibility index (Phi) is 12.9. The summed E-state index contributed by atoms with van der Waals surface area (Å²) in [7, 11) is 0. The molecule has 0 aliphatic heterocycles. The summed E-state index contributed by atoms with van der Waals surface area (Å²) >= 11 is 0. The predicted octanol–water partition coefficient (Wildman–Crippen LogP) is -2.63. The van der Waals surface area contributed by atoms with Crippen molar-refractivity contribution < 1.29 is 39.0 Å². The van der Waals surface area contributed by atoms with Crippen molar-refractivity contribution in [3.8, 4) is 0 Å². The van der Waals surface area contributed by atoms with Crippen molar-refractivity contribution in [2.24, 2.45) is 27.9 Å². The van der Waals surface area contributed by atoms with Gasteiger partial charge in [0.1, 0.15) is 18.1 Å². The first-order valence-corrected chi connectivity index (χ1v) is 13.3. The largest absolute Gasteiger partial charge is 0.481 e. The van der Waals surface area contributed by atoms with Crippen LogP contribution in [0.3, 0.4) is 0 Å². The summed E-state index contributed by atoms with van der Waals surface area (Å²) in [6.07, 6.45) is 0.418. The second-order valence-corrected chi connectivity index (χ2v) is 9.74. The van der Waals surface area contributed by atoms with Crippen LogP contribution in [0.25, 0.3) is 10.9 Å². The molecule has 0 saturated carbocycles. The number of rotatable bonds is 18. The second kappa shape index (κ2) is 16.3. The molecule has 17 heteroatoms. The maximum Gasteiger partial charge on any atom is 0.326 e. The van der Waals surface area contributed by atoms with Gasteiger partial charge in [0.2, 0.25) is 23.6 Å². The molecule has 234 valence electrons. The molecule has 4 unspecified atom stereocenters. The first-order chi connectivity index (χ1) is 20.3. The van der Waals surface area contributed by atoms with Gasteiger partial charge in [-0.3, -0.25) is 29.0 Å². The summed E-state index contributed by atoms with van der Waals surface area (Å²) in [6, 6.07) is 1.41. The molecule has 0 aliphatic rings. The molecular weight excluding hydrogens is 566 g/mol. The number of hydrogen-bond donors (Lipinski definition) is 10. The Morgan fingerprint density at radius 3 is 2.12 bits per heavy atom. The highest BCUT2D eigenvalue weighted by Gasteiger charge is 2.32. The minimum atomic E-state index is -1.73. The van der Waals surface area contributed by atoms with Crippen LogP contribution in [0.5, 0.6) is 0 Å². The maximum atomic E-state index is 13.1. The molecule has 17 nitrogen and oxygen atoms in total. The van der Waals surface area contributed by atoms with E-state index < -0.39 is 66.2 Å². The number of primary amides is 1. The lowest BCUT2D eigenvalue weighted by atomic mass is 10.0. The number of para-hydroxylation sites is 1. The summed E-state index contributed by atoms with van der Waals surface area (Å²) in [6.45, 7) is 0.207. The van der Waals surface area contributed by atoms with Gasteiger partial charge in [-0.05, 0) is 30.9 Å². The van der Waals surface area contributed by atoms with E-state index in [1.165, 1.54) is 0 Å². The molecule has 4 atom stereocenters. The Bertz CT molecular complexity index is 1360. The van der Waals surface area contributed by atoms with Crippen LogP contribution in [0, 0.1) is 0 Å². The molecule has 2 rings (SSSR count). The van der Waals surface area contributed by atoms with Crippen molar-refractivity contribution in [3.63, 3.8) is 0 Å². The van der Waals surface area contributed by atoms with Crippen LogP contribution in [0.15, 0.2) is 35.5 Å². The predicted molar refractivity (Wildman–Crippen MR) is 154 cm³/mol. The zero-order chi connectivity index (χ0) is 32.1. The molecule has 4 amide bonds. The third-order valence-electron chi connectivity index (χ3n) is 6.34. The number of aliphatic imine (C=N–C) groups is 1. The Morgan fingerprint density at radius 2 is 1.49 bits per heavy atom. The van der Waals surface area contributed by atoms with E-state index >= 15 is 0 Å². The molecule has 0 spiro atoms. The van der Waals surface area contributed by atoms with Gasteiger partial charge in [-0.25, -0.2) is 4.79 Å². The molecule has 1 aromatic heterocycles. The van der Waals surface area contributed by atoms with Crippen molar-refractivity contribution in [1.82, 2.24) is 20.9 Å². The summed E-state index contributed by atoms with van der Waals surface area (Å²) in [5.41, 5.74) is 22.9. The fourth-order valence-electron chi connectivity index (χ4n) is 4.13. The van der Waals surface area contributed by atoms with Gasteiger partial charge < -0.3 is 54.1 Å². The molecule has 0 bridgehead atoms. The number of fused-ring (bicyclic) bond motifs is 1. The number of carbonyl (C=O) groups excluding carboxylic acids is 4. The minimum Gasteiger partial charge on any atom is -0.481 e. The fraction of sp³-hybridized carbons (Fsp3) is 0.423. The molecule has 1 heterocycles. The number of hydrogen-bond acceptors (Lipinski definition) is 8. The standard InChI is InChI=1S/C26H37N9O8/c27-15(5-3-9-31-26(29)30)22(39)33-17(7-8-20(28)36)23(40)34-18(11-21(37)38)24(41)35-19(25(42)43)10-13-12-32-16-6-2-1-4-14(13)16/h1-2,4,6,12,15,17-19,32H,3,5,7-11,27H2,(H2,28,36)(H,33,39)(H,34,40)(H,35,41)(H,37,38)(H,42,43)(H4,29,30,31).